The second kappa shape index (κ2) is 7.24. The monoisotopic (exact) mass is 378 g/mol. The summed E-state index contributed by atoms with van der Waals surface area (Å²) in [6.45, 7) is 4.05. The van der Waals surface area contributed by atoms with Crippen LogP contribution in [-0.4, -0.2) is 25.0 Å². The van der Waals surface area contributed by atoms with E-state index in [1.54, 1.807) is 0 Å². The van der Waals surface area contributed by atoms with Crippen molar-refractivity contribution in [3.8, 4) is 22.8 Å². The van der Waals surface area contributed by atoms with Crippen LogP contribution in [0.1, 0.15) is 17.0 Å². The fourth-order valence-corrected chi connectivity index (χ4v) is 3.34. The van der Waals surface area contributed by atoms with Crippen LogP contribution < -0.4 is 5.84 Å². The molecule has 0 saturated heterocycles. The molecule has 0 atom stereocenters. The van der Waals surface area contributed by atoms with Crippen molar-refractivity contribution in [3.05, 3.63) is 65.5 Å². The summed E-state index contributed by atoms with van der Waals surface area (Å²) in [5.74, 6) is 8.33. The summed E-state index contributed by atoms with van der Waals surface area (Å²) in [7, 11) is 0. The minimum atomic E-state index is 0.460. The second-order valence-corrected chi connectivity index (χ2v) is 7.10. The number of nitrogen functional groups attached to an aromatic ring is 1. The third kappa shape index (κ3) is 3.56. The third-order valence-corrected chi connectivity index (χ3v) is 5.08. The van der Waals surface area contributed by atoms with Crippen molar-refractivity contribution >= 4 is 11.8 Å². The molecule has 2 N–H and O–H groups in total. The van der Waals surface area contributed by atoms with Crippen molar-refractivity contribution in [1.82, 2.24) is 25.0 Å². The number of rotatable bonds is 5. The molecule has 8 heteroatoms. The molecule has 0 aliphatic rings. The van der Waals surface area contributed by atoms with E-state index < -0.39 is 0 Å². The van der Waals surface area contributed by atoms with E-state index in [1.165, 1.54) is 22.0 Å². The molecule has 0 fully saturated rings. The van der Waals surface area contributed by atoms with Gasteiger partial charge < -0.3 is 10.4 Å². The number of hydrogen-bond donors (Lipinski definition) is 1. The number of thioether (sulfide) groups is 1. The van der Waals surface area contributed by atoms with Gasteiger partial charge in [0, 0.05) is 11.1 Å². The van der Waals surface area contributed by atoms with Gasteiger partial charge in [-0.2, -0.15) is 4.98 Å². The molecule has 2 aromatic carbocycles. The van der Waals surface area contributed by atoms with Crippen LogP contribution in [0.5, 0.6) is 0 Å². The van der Waals surface area contributed by atoms with Crippen LogP contribution in [0.2, 0.25) is 0 Å². The fourth-order valence-electron chi connectivity index (χ4n) is 2.65. The van der Waals surface area contributed by atoms with Gasteiger partial charge in [0.2, 0.25) is 16.9 Å². The van der Waals surface area contributed by atoms with Crippen LogP contribution in [0.25, 0.3) is 22.8 Å². The Bertz CT molecular complexity index is 1070. The first-order valence-corrected chi connectivity index (χ1v) is 9.39. The maximum absolute atomic E-state index is 6.16. The Morgan fingerprint density at radius 1 is 1.04 bits per heavy atom. The summed E-state index contributed by atoms with van der Waals surface area (Å²) in [5.41, 5.74) is 4.16. The van der Waals surface area contributed by atoms with Gasteiger partial charge in [-0.05, 0) is 19.4 Å². The van der Waals surface area contributed by atoms with Gasteiger partial charge >= 0.3 is 0 Å². The first-order valence-electron chi connectivity index (χ1n) is 8.41. The average Bonchev–Trinajstić information content (AvgIpc) is 3.28. The van der Waals surface area contributed by atoms with Crippen molar-refractivity contribution < 1.29 is 4.52 Å². The van der Waals surface area contributed by atoms with Crippen LogP contribution in [0.15, 0.2) is 58.2 Å². The van der Waals surface area contributed by atoms with Crippen LogP contribution in [-0.2, 0) is 5.75 Å². The maximum Gasteiger partial charge on any atom is 0.237 e. The lowest BCUT2D eigenvalue weighted by molar-refractivity contribution is 0.391. The Kier molecular flexibility index (Phi) is 4.64. The van der Waals surface area contributed by atoms with E-state index in [0.717, 1.165) is 16.7 Å². The Morgan fingerprint density at radius 2 is 1.81 bits per heavy atom. The molecule has 7 nitrogen and oxygen atoms in total. The number of nitrogens with two attached hydrogens (primary N) is 1. The van der Waals surface area contributed by atoms with E-state index in [1.807, 2.05) is 62.4 Å². The summed E-state index contributed by atoms with van der Waals surface area (Å²) in [5, 5.41) is 13.0. The van der Waals surface area contributed by atoms with Gasteiger partial charge in [0.1, 0.15) is 0 Å². The topological polar surface area (TPSA) is 95.6 Å². The number of benzene rings is 2. The zero-order valence-electron chi connectivity index (χ0n) is 15.0. The maximum atomic E-state index is 6.16. The highest BCUT2D eigenvalue weighted by molar-refractivity contribution is 7.98. The molecule has 2 heterocycles. The highest BCUT2D eigenvalue weighted by Gasteiger charge is 2.15. The normalized spacial score (nSPS) is 11.0. The Balaban J connectivity index is 1.48. The van der Waals surface area contributed by atoms with Gasteiger partial charge in [0.05, 0.1) is 5.75 Å². The first kappa shape index (κ1) is 17.3. The SMILES string of the molecule is Cc1ccc(-c2nnc(SCc3nc(-c4ccccc4C)no3)n2N)cc1. The average molecular weight is 378 g/mol. The molecule has 0 aliphatic heterocycles. The molecule has 27 heavy (non-hydrogen) atoms. The van der Waals surface area contributed by atoms with Crippen molar-refractivity contribution in [1.29, 1.82) is 0 Å². The molecule has 4 rings (SSSR count). The number of aryl methyl sites for hydroxylation is 2. The standard InChI is InChI=1S/C19H18N6OS/c1-12-7-9-14(10-8-12)18-22-23-19(25(18)20)27-11-16-21-17(24-26-16)15-6-4-3-5-13(15)2/h3-10H,11,20H2,1-2H3. The Hall–Kier alpha value is -3.13. The molecule has 0 amide bonds. The molecule has 0 unspecified atom stereocenters. The molecule has 2 aromatic heterocycles. The number of aromatic nitrogens is 5. The van der Waals surface area contributed by atoms with E-state index in [0.29, 0.717) is 28.4 Å². The quantitative estimate of drug-likeness (QED) is 0.418. The zero-order valence-corrected chi connectivity index (χ0v) is 15.8. The van der Waals surface area contributed by atoms with Crippen LogP contribution in [0.4, 0.5) is 0 Å². The van der Waals surface area contributed by atoms with Crippen molar-refractivity contribution in [2.45, 2.75) is 24.8 Å². The van der Waals surface area contributed by atoms with Gasteiger partial charge in [-0.1, -0.05) is 71.0 Å². The minimum absolute atomic E-state index is 0.460. The van der Waals surface area contributed by atoms with Crippen molar-refractivity contribution in [2.75, 3.05) is 5.84 Å². The summed E-state index contributed by atoms with van der Waals surface area (Å²) >= 11 is 1.40. The molecule has 0 bridgehead atoms. The third-order valence-electron chi connectivity index (χ3n) is 4.15. The number of hydrogen-bond acceptors (Lipinski definition) is 7. The summed E-state index contributed by atoms with van der Waals surface area (Å²) in [6.07, 6.45) is 0. The van der Waals surface area contributed by atoms with Gasteiger partial charge in [0.15, 0.2) is 5.82 Å². The molecule has 0 radical (unpaired) electrons. The predicted molar refractivity (Wildman–Crippen MR) is 104 cm³/mol. The molecule has 0 spiro atoms. The molecule has 4 aromatic rings. The molecule has 0 saturated carbocycles. The minimum Gasteiger partial charge on any atom is -0.338 e. The van der Waals surface area contributed by atoms with E-state index >= 15 is 0 Å². The largest absolute Gasteiger partial charge is 0.338 e. The highest BCUT2D eigenvalue weighted by atomic mass is 32.2. The van der Waals surface area contributed by atoms with Crippen LogP contribution in [0, 0.1) is 13.8 Å². The molecular weight excluding hydrogens is 360 g/mol. The second-order valence-electron chi connectivity index (χ2n) is 6.16. The van der Waals surface area contributed by atoms with Gasteiger partial charge in [-0.25, -0.2) is 4.68 Å². The van der Waals surface area contributed by atoms with E-state index in [9.17, 15) is 0 Å². The summed E-state index contributed by atoms with van der Waals surface area (Å²) in [4.78, 5) is 4.46. The Morgan fingerprint density at radius 3 is 2.59 bits per heavy atom. The van der Waals surface area contributed by atoms with Gasteiger partial charge in [-0.15, -0.1) is 10.2 Å². The van der Waals surface area contributed by atoms with Crippen molar-refractivity contribution in [2.24, 2.45) is 0 Å². The molecule has 0 aliphatic carbocycles. The lowest BCUT2D eigenvalue weighted by Gasteiger charge is -2.03. The Labute approximate surface area is 160 Å². The summed E-state index contributed by atoms with van der Waals surface area (Å²) in [6, 6.07) is 15.9. The predicted octanol–water partition coefficient (Wildman–Crippen LogP) is 3.62. The smallest absolute Gasteiger partial charge is 0.237 e. The lowest BCUT2D eigenvalue weighted by Crippen LogP contribution is -2.11. The van der Waals surface area contributed by atoms with E-state index in [2.05, 4.69) is 20.3 Å². The molecular formula is C19H18N6OS. The number of nitrogens with zero attached hydrogens (tertiary/aromatic N) is 5. The zero-order chi connectivity index (χ0) is 18.8. The highest BCUT2D eigenvalue weighted by Crippen LogP contribution is 2.26. The lowest BCUT2D eigenvalue weighted by atomic mass is 10.1. The van der Waals surface area contributed by atoms with Crippen LogP contribution in [0.3, 0.4) is 0 Å². The van der Waals surface area contributed by atoms with E-state index in [4.69, 9.17) is 10.4 Å². The first-order chi connectivity index (χ1) is 13.1. The van der Waals surface area contributed by atoms with Gasteiger partial charge in [0.25, 0.3) is 0 Å². The van der Waals surface area contributed by atoms with Crippen molar-refractivity contribution in [3.63, 3.8) is 0 Å². The molecule has 136 valence electrons. The fraction of sp³-hybridized carbons (Fsp3) is 0.158. The van der Waals surface area contributed by atoms with Gasteiger partial charge in [-0.3, -0.25) is 0 Å². The summed E-state index contributed by atoms with van der Waals surface area (Å²) < 4.78 is 6.84. The van der Waals surface area contributed by atoms with E-state index in [-0.39, 0.29) is 0 Å². The van der Waals surface area contributed by atoms with Crippen LogP contribution >= 0.6 is 11.8 Å².